The number of aliphatic hydroxyl groups excluding tert-OH is 1. The van der Waals surface area contributed by atoms with Crippen LogP contribution in [-0.4, -0.2) is 27.4 Å². The molecule has 20 heavy (non-hydrogen) atoms. The molecule has 0 fully saturated rings. The molecule has 0 radical (unpaired) electrons. The Labute approximate surface area is 121 Å². The number of hydrogen-bond donors (Lipinski definition) is 2. The number of anilines is 1. The second-order valence-electron chi connectivity index (χ2n) is 4.42. The lowest BCUT2D eigenvalue weighted by atomic mass is 10.3. The zero-order valence-electron chi connectivity index (χ0n) is 11.3. The van der Waals surface area contributed by atoms with Crippen molar-refractivity contribution in [3.63, 3.8) is 0 Å². The van der Waals surface area contributed by atoms with Crippen LogP contribution in [0.3, 0.4) is 0 Å². The van der Waals surface area contributed by atoms with E-state index in [1.165, 1.54) is 11.3 Å². The van der Waals surface area contributed by atoms with Gasteiger partial charge in [0, 0.05) is 17.6 Å². The van der Waals surface area contributed by atoms with E-state index in [1.54, 1.807) is 28.5 Å². The van der Waals surface area contributed by atoms with Crippen LogP contribution in [-0.2, 0) is 0 Å². The van der Waals surface area contributed by atoms with Crippen molar-refractivity contribution >= 4 is 22.9 Å². The van der Waals surface area contributed by atoms with Crippen molar-refractivity contribution in [3.8, 4) is 11.8 Å². The molecule has 5 nitrogen and oxygen atoms in total. The van der Waals surface area contributed by atoms with Gasteiger partial charge in [-0.2, -0.15) is 5.10 Å². The maximum absolute atomic E-state index is 12.0. The summed E-state index contributed by atoms with van der Waals surface area (Å²) in [5.74, 6) is 5.13. The molecule has 0 saturated heterocycles. The number of amides is 1. The van der Waals surface area contributed by atoms with Crippen molar-refractivity contribution in [2.75, 3.05) is 11.9 Å². The molecule has 0 bridgehead atoms. The lowest BCUT2D eigenvalue weighted by molar-refractivity contribution is 0.102. The second kappa shape index (κ2) is 6.37. The molecule has 0 atom stereocenters. The molecule has 6 heteroatoms. The van der Waals surface area contributed by atoms with Gasteiger partial charge in [-0.15, -0.1) is 11.3 Å². The summed E-state index contributed by atoms with van der Waals surface area (Å²) in [6.07, 6.45) is 3.41. The van der Waals surface area contributed by atoms with Gasteiger partial charge in [-0.05, 0) is 19.9 Å². The van der Waals surface area contributed by atoms with Crippen LogP contribution < -0.4 is 5.32 Å². The third kappa shape index (κ3) is 3.47. The van der Waals surface area contributed by atoms with Gasteiger partial charge < -0.3 is 10.4 Å². The molecular weight excluding hydrogens is 274 g/mol. The van der Waals surface area contributed by atoms with Crippen molar-refractivity contribution in [1.29, 1.82) is 0 Å². The van der Waals surface area contributed by atoms with Crippen LogP contribution in [0.5, 0.6) is 0 Å². The van der Waals surface area contributed by atoms with Gasteiger partial charge >= 0.3 is 0 Å². The Hall–Kier alpha value is -2.10. The van der Waals surface area contributed by atoms with E-state index < -0.39 is 0 Å². The number of carbonyl (C=O) groups is 1. The van der Waals surface area contributed by atoms with Gasteiger partial charge in [0.1, 0.15) is 6.61 Å². The fourth-order valence-corrected chi connectivity index (χ4v) is 2.29. The zero-order chi connectivity index (χ0) is 14.5. The summed E-state index contributed by atoms with van der Waals surface area (Å²) in [6.45, 7) is 3.85. The predicted octanol–water partition coefficient (Wildman–Crippen LogP) is 2.12. The van der Waals surface area contributed by atoms with Gasteiger partial charge in [0.2, 0.25) is 0 Å². The van der Waals surface area contributed by atoms with Crippen molar-refractivity contribution in [3.05, 3.63) is 34.3 Å². The number of carbonyl (C=O) groups excluding carboxylic acids is 1. The number of thiophene rings is 1. The molecule has 1 amide bonds. The monoisotopic (exact) mass is 289 g/mol. The fourth-order valence-electron chi connectivity index (χ4n) is 1.54. The summed E-state index contributed by atoms with van der Waals surface area (Å²) in [7, 11) is 0. The smallest absolute Gasteiger partial charge is 0.256 e. The fraction of sp³-hybridized carbons (Fsp3) is 0.286. The van der Waals surface area contributed by atoms with Crippen molar-refractivity contribution < 1.29 is 9.90 Å². The molecule has 2 N–H and O–H groups in total. The average Bonchev–Trinajstić information content (AvgIpc) is 3.04. The summed E-state index contributed by atoms with van der Waals surface area (Å²) in [5, 5.41) is 17.3. The largest absolute Gasteiger partial charge is 0.384 e. The molecule has 0 aliphatic heterocycles. The van der Waals surface area contributed by atoms with E-state index in [4.69, 9.17) is 5.11 Å². The van der Waals surface area contributed by atoms with E-state index in [9.17, 15) is 4.79 Å². The van der Waals surface area contributed by atoms with E-state index in [2.05, 4.69) is 22.3 Å². The summed E-state index contributed by atoms with van der Waals surface area (Å²) in [4.78, 5) is 12.8. The molecule has 0 aliphatic carbocycles. The molecule has 0 unspecified atom stereocenters. The van der Waals surface area contributed by atoms with Crippen LogP contribution in [0, 0.1) is 11.8 Å². The maximum Gasteiger partial charge on any atom is 0.256 e. The lowest BCUT2D eigenvalue weighted by Gasteiger charge is -2.03. The zero-order valence-corrected chi connectivity index (χ0v) is 12.1. The summed E-state index contributed by atoms with van der Waals surface area (Å²) in [5.41, 5.74) is 1.22. The van der Waals surface area contributed by atoms with Gasteiger partial charge in [-0.1, -0.05) is 11.8 Å². The Bertz CT molecular complexity index is 661. The van der Waals surface area contributed by atoms with Gasteiger partial charge in [0.05, 0.1) is 22.3 Å². The number of rotatable bonds is 3. The number of aliphatic hydroxyl groups is 1. The minimum Gasteiger partial charge on any atom is -0.384 e. The highest BCUT2D eigenvalue weighted by atomic mass is 32.1. The first-order valence-corrected chi connectivity index (χ1v) is 7.02. The predicted molar refractivity (Wildman–Crippen MR) is 78.8 cm³/mol. The van der Waals surface area contributed by atoms with E-state index in [0.717, 1.165) is 4.88 Å². The van der Waals surface area contributed by atoms with Crippen molar-refractivity contribution in [2.24, 2.45) is 0 Å². The minimum atomic E-state index is -0.193. The molecule has 0 aliphatic rings. The van der Waals surface area contributed by atoms with Crippen molar-refractivity contribution in [2.45, 2.75) is 19.9 Å². The van der Waals surface area contributed by atoms with Crippen LogP contribution in [0.4, 0.5) is 5.69 Å². The number of nitrogens with zero attached hydrogens (tertiary/aromatic N) is 2. The Morgan fingerprint density at radius 1 is 1.60 bits per heavy atom. The molecule has 0 saturated carbocycles. The minimum absolute atomic E-state index is 0.187. The van der Waals surface area contributed by atoms with Crippen molar-refractivity contribution in [1.82, 2.24) is 9.78 Å². The summed E-state index contributed by atoms with van der Waals surface area (Å²) < 4.78 is 1.78. The highest BCUT2D eigenvalue weighted by molar-refractivity contribution is 7.10. The van der Waals surface area contributed by atoms with Gasteiger partial charge in [-0.25, -0.2) is 0 Å². The second-order valence-corrected chi connectivity index (χ2v) is 5.33. The SMILES string of the molecule is CC(C)n1cc(NC(=O)c2csc(C#CCO)c2)cn1. The van der Waals surface area contributed by atoms with E-state index in [-0.39, 0.29) is 18.6 Å². The molecule has 2 heterocycles. The normalized spacial score (nSPS) is 10.2. The molecule has 0 spiro atoms. The third-order valence-electron chi connectivity index (χ3n) is 2.54. The van der Waals surface area contributed by atoms with Gasteiger partial charge in [0.15, 0.2) is 0 Å². The highest BCUT2D eigenvalue weighted by Gasteiger charge is 2.10. The van der Waals surface area contributed by atoms with Crippen LogP contribution in [0.25, 0.3) is 0 Å². The van der Waals surface area contributed by atoms with E-state index >= 15 is 0 Å². The molecule has 2 aromatic heterocycles. The summed E-state index contributed by atoms with van der Waals surface area (Å²) >= 11 is 1.37. The van der Waals surface area contributed by atoms with Crippen LogP contribution in [0.1, 0.15) is 35.1 Å². The quantitative estimate of drug-likeness (QED) is 0.851. The lowest BCUT2D eigenvalue weighted by Crippen LogP contribution is -2.10. The summed E-state index contributed by atoms with van der Waals surface area (Å²) in [6, 6.07) is 1.96. The standard InChI is InChI=1S/C14H15N3O2S/c1-10(2)17-8-12(7-15-17)16-14(19)11-6-13(20-9-11)4-3-5-18/h6-10,18H,5H2,1-2H3,(H,16,19). The van der Waals surface area contributed by atoms with Crippen LogP contribution >= 0.6 is 11.3 Å². The Morgan fingerprint density at radius 2 is 2.40 bits per heavy atom. The Kier molecular flexibility index (Phi) is 4.56. The van der Waals surface area contributed by atoms with E-state index in [0.29, 0.717) is 11.3 Å². The first-order valence-electron chi connectivity index (χ1n) is 6.14. The highest BCUT2D eigenvalue weighted by Crippen LogP contribution is 2.16. The maximum atomic E-state index is 12.0. The number of nitrogens with one attached hydrogen (secondary N) is 1. The number of hydrogen-bond acceptors (Lipinski definition) is 4. The Morgan fingerprint density at radius 3 is 3.05 bits per heavy atom. The first kappa shape index (κ1) is 14.3. The molecule has 2 rings (SSSR count). The molecule has 104 valence electrons. The van der Waals surface area contributed by atoms with Gasteiger partial charge in [0.25, 0.3) is 5.91 Å². The topological polar surface area (TPSA) is 67.2 Å². The molecular formula is C14H15N3O2S. The molecule has 2 aromatic rings. The Balaban J connectivity index is 2.05. The third-order valence-corrected chi connectivity index (χ3v) is 3.39. The molecule has 0 aromatic carbocycles. The van der Waals surface area contributed by atoms with Gasteiger partial charge in [-0.3, -0.25) is 9.48 Å². The number of aromatic nitrogens is 2. The van der Waals surface area contributed by atoms with E-state index in [1.807, 2.05) is 13.8 Å². The first-order chi connectivity index (χ1) is 9.60. The van der Waals surface area contributed by atoms with Crippen LogP contribution in [0.15, 0.2) is 23.8 Å². The van der Waals surface area contributed by atoms with Crippen LogP contribution in [0.2, 0.25) is 0 Å². The average molecular weight is 289 g/mol.